The maximum Gasteiger partial charge on any atom is 0.316 e. The molecule has 31 heavy (non-hydrogen) atoms. The molecule has 0 aromatic heterocycles. The number of nitrogens with zero attached hydrogens (tertiary/aromatic N) is 2. The van der Waals surface area contributed by atoms with E-state index in [1.54, 1.807) is 0 Å². The van der Waals surface area contributed by atoms with Crippen LogP contribution in [0.2, 0.25) is 0 Å². The van der Waals surface area contributed by atoms with Crippen molar-refractivity contribution in [3.05, 3.63) is 30.3 Å². The summed E-state index contributed by atoms with van der Waals surface area (Å²) in [4.78, 5) is -1.78. The van der Waals surface area contributed by atoms with Crippen LogP contribution in [0.25, 0.3) is 0 Å². The number of azo groups is 1. The SMILES string of the molecule is CN=Nc1ccc(NS(=O)Oc2cc(S(=O)(=O)O)cc(S(=O)(=O)O)c2)c2c1OCCO2. The fourth-order valence-corrected chi connectivity index (χ4v) is 4.29. The quantitative estimate of drug-likeness (QED) is 0.378. The van der Waals surface area contributed by atoms with Gasteiger partial charge in [0.15, 0.2) is 11.5 Å². The highest BCUT2D eigenvalue weighted by Gasteiger charge is 2.23. The minimum absolute atomic E-state index is 0.170. The van der Waals surface area contributed by atoms with Crippen molar-refractivity contribution in [2.24, 2.45) is 10.2 Å². The summed E-state index contributed by atoms with van der Waals surface area (Å²) in [6, 6.07) is 4.93. The Hall–Kier alpha value is -2.79. The molecule has 0 radical (unpaired) electrons. The molecule has 0 fully saturated rings. The van der Waals surface area contributed by atoms with Crippen LogP contribution in [0.3, 0.4) is 0 Å². The molecule has 1 aliphatic heterocycles. The molecule has 0 aliphatic carbocycles. The molecule has 0 bridgehead atoms. The van der Waals surface area contributed by atoms with Crippen LogP contribution >= 0.6 is 0 Å². The van der Waals surface area contributed by atoms with Gasteiger partial charge >= 0.3 is 11.3 Å². The number of fused-ring (bicyclic) bond motifs is 1. The van der Waals surface area contributed by atoms with Crippen molar-refractivity contribution in [1.29, 1.82) is 0 Å². The molecule has 0 amide bonds. The number of rotatable bonds is 7. The molecule has 2 aromatic carbocycles. The largest absolute Gasteiger partial charge is 0.484 e. The Balaban J connectivity index is 1.91. The fraction of sp³-hybridized carbons (Fsp3) is 0.200. The minimum Gasteiger partial charge on any atom is -0.484 e. The molecule has 0 spiro atoms. The summed E-state index contributed by atoms with van der Waals surface area (Å²) in [7, 11) is -8.25. The lowest BCUT2D eigenvalue weighted by Crippen LogP contribution is -2.18. The Bertz CT molecular complexity index is 1230. The predicted molar refractivity (Wildman–Crippen MR) is 106 cm³/mol. The van der Waals surface area contributed by atoms with Crippen LogP contribution in [-0.2, 0) is 31.5 Å². The molecule has 1 atom stereocenters. The molecule has 1 heterocycles. The monoisotopic (exact) mass is 493 g/mol. The van der Waals surface area contributed by atoms with Gasteiger partial charge in [-0.15, -0.1) is 0 Å². The Morgan fingerprint density at radius 2 is 1.58 bits per heavy atom. The minimum atomic E-state index is -4.86. The summed E-state index contributed by atoms with van der Waals surface area (Å²) in [5.74, 6) is -0.102. The summed E-state index contributed by atoms with van der Waals surface area (Å²) in [6.45, 7) is 0.457. The average molecular weight is 493 g/mol. The Kier molecular flexibility index (Phi) is 6.46. The second kappa shape index (κ2) is 8.75. The average Bonchev–Trinajstić information content (AvgIpc) is 2.68. The molecule has 3 rings (SSSR count). The highest BCUT2D eigenvalue weighted by molar-refractivity contribution is 7.86. The Morgan fingerprint density at radius 1 is 1.00 bits per heavy atom. The maximum absolute atomic E-state index is 12.4. The third kappa shape index (κ3) is 5.47. The number of benzene rings is 2. The van der Waals surface area contributed by atoms with Gasteiger partial charge in [0.25, 0.3) is 20.2 Å². The second-order valence-electron chi connectivity index (χ2n) is 5.80. The summed E-state index contributed by atoms with van der Waals surface area (Å²) >= 11 is -2.39. The van der Waals surface area contributed by atoms with E-state index in [4.69, 9.17) is 13.7 Å². The van der Waals surface area contributed by atoms with E-state index >= 15 is 0 Å². The molecular weight excluding hydrogens is 478 g/mol. The number of hydrogen-bond donors (Lipinski definition) is 3. The van der Waals surface area contributed by atoms with E-state index in [2.05, 4.69) is 15.0 Å². The van der Waals surface area contributed by atoms with Gasteiger partial charge in [0.05, 0.1) is 15.5 Å². The van der Waals surface area contributed by atoms with Crippen molar-refractivity contribution in [3.63, 3.8) is 0 Å². The lowest BCUT2D eigenvalue weighted by molar-refractivity contribution is 0.173. The van der Waals surface area contributed by atoms with Crippen LogP contribution in [0.1, 0.15) is 0 Å². The lowest BCUT2D eigenvalue weighted by atomic mass is 10.2. The maximum atomic E-state index is 12.4. The third-order valence-corrected chi connectivity index (χ3v) is 6.08. The highest BCUT2D eigenvalue weighted by Crippen LogP contribution is 2.45. The van der Waals surface area contributed by atoms with E-state index < -0.39 is 47.0 Å². The van der Waals surface area contributed by atoms with Gasteiger partial charge in [-0.1, -0.05) is 0 Å². The van der Waals surface area contributed by atoms with Gasteiger partial charge in [-0.25, -0.2) is 0 Å². The molecule has 1 aliphatic rings. The normalized spacial score (nSPS) is 14.9. The van der Waals surface area contributed by atoms with Gasteiger partial charge in [-0.2, -0.15) is 31.3 Å². The number of hydrogen-bond acceptors (Lipinski definition) is 10. The van der Waals surface area contributed by atoms with E-state index in [0.29, 0.717) is 11.8 Å². The van der Waals surface area contributed by atoms with Crippen molar-refractivity contribution in [2.75, 3.05) is 25.0 Å². The number of nitrogens with one attached hydrogen (secondary N) is 1. The standard InChI is InChI=1S/C15H15N3O10S3/c1-16-17-12-2-3-13(15-14(12)26-4-5-27-15)18-29(19)28-9-6-10(30(20,21)22)8-11(7-9)31(23,24)25/h2-3,6-8,18H,4-5H2,1H3,(H,20,21,22)(H,23,24,25). The first-order valence-corrected chi connectivity index (χ1v) is 12.1. The van der Waals surface area contributed by atoms with Gasteiger partial charge in [-0.05, 0) is 18.2 Å². The topological polar surface area (TPSA) is 190 Å². The van der Waals surface area contributed by atoms with E-state index in [1.807, 2.05) is 0 Å². The van der Waals surface area contributed by atoms with Gasteiger partial charge in [0.1, 0.15) is 24.7 Å². The Labute approximate surface area is 179 Å². The lowest BCUT2D eigenvalue weighted by Gasteiger charge is -2.22. The summed E-state index contributed by atoms with van der Waals surface area (Å²) in [6.07, 6.45) is 0. The van der Waals surface area contributed by atoms with Crippen LogP contribution in [0, 0.1) is 0 Å². The molecule has 168 valence electrons. The molecule has 13 nitrogen and oxygen atoms in total. The van der Waals surface area contributed by atoms with Gasteiger partial charge in [0.2, 0.25) is 0 Å². The van der Waals surface area contributed by atoms with Crippen molar-refractivity contribution in [2.45, 2.75) is 9.79 Å². The van der Waals surface area contributed by atoms with Crippen molar-refractivity contribution in [3.8, 4) is 17.2 Å². The van der Waals surface area contributed by atoms with E-state index in [1.165, 1.54) is 19.2 Å². The predicted octanol–water partition coefficient (Wildman–Crippen LogP) is 1.73. The van der Waals surface area contributed by atoms with Crippen LogP contribution in [0.15, 0.2) is 50.4 Å². The second-order valence-corrected chi connectivity index (χ2v) is 9.48. The van der Waals surface area contributed by atoms with Gasteiger partial charge < -0.3 is 13.7 Å². The van der Waals surface area contributed by atoms with Gasteiger partial charge in [0, 0.05) is 19.2 Å². The summed E-state index contributed by atoms with van der Waals surface area (Å²) in [5.41, 5.74) is 0.539. The summed E-state index contributed by atoms with van der Waals surface area (Å²) in [5, 5.41) is 7.56. The first kappa shape index (κ1) is 22.9. The first-order valence-electron chi connectivity index (χ1n) is 8.18. The van der Waals surface area contributed by atoms with E-state index in [-0.39, 0.29) is 30.4 Å². The molecular formula is C15H15N3O10S3. The molecule has 0 saturated carbocycles. The molecule has 16 heteroatoms. The molecule has 2 aromatic rings. The van der Waals surface area contributed by atoms with Crippen LogP contribution in [-0.4, -0.2) is 50.4 Å². The van der Waals surface area contributed by atoms with Crippen molar-refractivity contribution in [1.82, 2.24) is 0 Å². The smallest absolute Gasteiger partial charge is 0.316 e. The molecule has 0 saturated heterocycles. The molecule has 1 unspecified atom stereocenters. The third-order valence-electron chi connectivity index (χ3n) is 3.69. The van der Waals surface area contributed by atoms with E-state index in [9.17, 15) is 30.1 Å². The zero-order valence-electron chi connectivity index (χ0n) is 15.6. The van der Waals surface area contributed by atoms with E-state index in [0.717, 1.165) is 12.1 Å². The zero-order valence-corrected chi connectivity index (χ0v) is 18.0. The van der Waals surface area contributed by atoms with Crippen molar-refractivity contribution < 1.29 is 43.8 Å². The first-order chi connectivity index (χ1) is 14.5. The van der Waals surface area contributed by atoms with Crippen molar-refractivity contribution >= 4 is 42.9 Å². The van der Waals surface area contributed by atoms with Crippen LogP contribution < -0.4 is 18.4 Å². The van der Waals surface area contributed by atoms with Gasteiger partial charge in [-0.3, -0.25) is 13.8 Å². The zero-order chi connectivity index (χ0) is 22.8. The van der Waals surface area contributed by atoms with Crippen LogP contribution in [0.5, 0.6) is 17.2 Å². The number of ether oxygens (including phenoxy) is 2. The van der Waals surface area contributed by atoms with Crippen LogP contribution in [0.4, 0.5) is 11.4 Å². The summed E-state index contributed by atoms with van der Waals surface area (Å²) < 4.78 is 94.8. The fourth-order valence-electron chi connectivity index (χ4n) is 2.48. The highest BCUT2D eigenvalue weighted by atomic mass is 32.2. The molecule has 3 N–H and O–H groups in total. The Morgan fingerprint density at radius 3 is 2.13 bits per heavy atom. The number of anilines is 1.